The molecule has 1 amide bonds. The van der Waals surface area contributed by atoms with Gasteiger partial charge in [0, 0.05) is 25.4 Å². The molecule has 0 fully saturated rings. The van der Waals surface area contributed by atoms with Crippen molar-refractivity contribution in [2.45, 2.75) is 13.5 Å². The summed E-state index contributed by atoms with van der Waals surface area (Å²) in [6.07, 6.45) is 3.55. The Morgan fingerprint density at radius 3 is 2.52 bits per heavy atom. The summed E-state index contributed by atoms with van der Waals surface area (Å²) in [6.45, 7) is 2.72. The number of aryl methyl sites for hydroxylation is 1. The van der Waals surface area contributed by atoms with Crippen LogP contribution in [0.5, 0.6) is 0 Å². The maximum atomic E-state index is 13.6. The lowest BCUT2D eigenvalue weighted by Crippen LogP contribution is -2.27. The van der Waals surface area contributed by atoms with Gasteiger partial charge in [-0.3, -0.25) is 9.48 Å². The lowest BCUT2D eigenvalue weighted by Gasteiger charge is -2.08. The molecule has 21 heavy (non-hydrogen) atoms. The Morgan fingerprint density at radius 2 is 2.00 bits per heavy atom. The number of halogens is 2. The third-order valence-corrected chi connectivity index (χ3v) is 2.94. The summed E-state index contributed by atoms with van der Waals surface area (Å²) in [4.78, 5) is 11.8. The number of anilines is 1. The van der Waals surface area contributed by atoms with Crippen LogP contribution in [0.1, 0.15) is 15.9 Å². The molecule has 2 N–H and O–H groups in total. The smallest absolute Gasteiger partial charge is 0.251 e. The minimum atomic E-state index is -0.801. The second-order valence-corrected chi connectivity index (χ2v) is 4.60. The SMILES string of the molecule is CNc1c(F)cc(C(=O)NCCn2cc(C)cn2)cc1F. The van der Waals surface area contributed by atoms with Crippen LogP contribution in [0, 0.1) is 18.6 Å². The molecule has 5 nitrogen and oxygen atoms in total. The number of carbonyl (C=O) groups is 1. The minimum absolute atomic E-state index is 0.0550. The van der Waals surface area contributed by atoms with E-state index in [1.807, 2.05) is 13.1 Å². The first-order valence-corrected chi connectivity index (χ1v) is 6.45. The number of rotatable bonds is 5. The Labute approximate surface area is 121 Å². The molecule has 1 aromatic heterocycles. The summed E-state index contributed by atoms with van der Waals surface area (Å²) in [5, 5.41) is 9.07. The maximum Gasteiger partial charge on any atom is 0.251 e. The molecule has 0 radical (unpaired) electrons. The molecule has 112 valence electrons. The minimum Gasteiger partial charge on any atom is -0.383 e. The molecule has 7 heteroatoms. The van der Waals surface area contributed by atoms with Gasteiger partial charge >= 0.3 is 0 Å². The molecular weight excluding hydrogens is 278 g/mol. The van der Waals surface area contributed by atoms with Gasteiger partial charge in [0.2, 0.25) is 0 Å². The van der Waals surface area contributed by atoms with E-state index in [1.54, 1.807) is 10.9 Å². The van der Waals surface area contributed by atoms with E-state index in [1.165, 1.54) is 7.05 Å². The molecule has 0 aliphatic rings. The predicted molar refractivity (Wildman–Crippen MR) is 75.2 cm³/mol. The van der Waals surface area contributed by atoms with Gasteiger partial charge in [-0.25, -0.2) is 8.78 Å². The maximum absolute atomic E-state index is 13.6. The van der Waals surface area contributed by atoms with Crippen LogP contribution >= 0.6 is 0 Å². The fraction of sp³-hybridized carbons (Fsp3) is 0.286. The molecule has 2 rings (SSSR count). The van der Waals surface area contributed by atoms with Crippen LogP contribution in [0.25, 0.3) is 0 Å². The molecule has 0 atom stereocenters. The van der Waals surface area contributed by atoms with E-state index >= 15 is 0 Å². The van der Waals surface area contributed by atoms with Crippen LogP contribution in [-0.2, 0) is 6.54 Å². The average Bonchev–Trinajstić information content (AvgIpc) is 2.84. The van der Waals surface area contributed by atoms with Gasteiger partial charge in [-0.15, -0.1) is 0 Å². The number of nitrogens with one attached hydrogen (secondary N) is 2. The van der Waals surface area contributed by atoms with Crippen molar-refractivity contribution in [3.63, 3.8) is 0 Å². The van der Waals surface area contributed by atoms with Crippen molar-refractivity contribution in [3.8, 4) is 0 Å². The summed E-state index contributed by atoms with van der Waals surface area (Å²) in [7, 11) is 1.41. The van der Waals surface area contributed by atoms with E-state index in [0.717, 1.165) is 17.7 Å². The summed E-state index contributed by atoms with van der Waals surface area (Å²) >= 11 is 0. The first-order chi connectivity index (χ1) is 10.0. The molecule has 0 saturated heterocycles. The summed E-state index contributed by atoms with van der Waals surface area (Å²) in [6, 6.07) is 2.00. The van der Waals surface area contributed by atoms with Crippen molar-refractivity contribution >= 4 is 11.6 Å². The van der Waals surface area contributed by atoms with E-state index in [9.17, 15) is 13.6 Å². The molecule has 0 bridgehead atoms. The number of hydrogen-bond donors (Lipinski definition) is 2. The van der Waals surface area contributed by atoms with Crippen molar-refractivity contribution in [2.24, 2.45) is 0 Å². The Morgan fingerprint density at radius 1 is 1.33 bits per heavy atom. The van der Waals surface area contributed by atoms with Crippen molar-refractivity contribution in [3.05, 3.63) is 47.3 Å². The van der Waals surface area contributed by atoms with E-state index in [-0.39, 0.29) is 11.3 Å². The lowest BCUT2D eigenvalue weighted by molar-refractivity contribution is 0.0951. The van der Waals surface area contributed by atoms with E-state index in [4.69, 9.17) is 0 Å². The third-order valence-electron chi connectivity index (χ3n) is 2.94. The highest BCUT2D eigenvalue weighted by Gasteiger charge is 2.14. The van der Waals surface area contributed by atoms with Crippen LogP contribution in [-0.4, -0.2) is 29.3 Å². The Hall–Kier alpha value is -2.44. The number of amides is 1. The molecule has 1 heterocycles. The average molecular weight is 294 g/mol. The van der Waals surface area contributed by atoms with E-state index in [2.05, 4.69) is 15.7 Å². The molecular formula is C14H16F2N4O. The number of aromatic nitrogens is 2. The van der Waals surface area contributed by atoms with Crippen LogP contribution in [0.3, 0.4) is 0 Å². The molecule has 0 spiro atoms. The molecule has 2 aromatic rings. The zero-order chi connectivity index (χ0) is 15.4. The zero-order valence-electron chi connectivity index (χ0n) is 11.8. The van der Waals surface area contributed by atoms with Crippen LogP contribution in [0.2, 0.25) is 0 Å². The van der Waals surface area contributed by atoms with Gasteiger partial charge in [0.15, 0.2) is 0 Å². The fourth-order valence-corrected chi connectivity index (χ4v) is 1.92. The quantitative estimate of drug-likeness (QED) is 0.886. The second-order valence-electron chi connectivity index (χ2n) is 4.60. The standard InChI is InChI=1S/C14H16F2N4O/c1-9-7-19-20(8-9)4-3-18-14(21)10-5-11(15)13(17-2)12(16)6-10/h5-8,17H,3-4H2,1-2H3,(H,18,21). The lowest BCUT2D eigenvalue weighted by atomic mass is 10.1. The molecule has 0 unspecified atom stereocenters. The van der Waals surface area contributed by atoms with Gasteiger partial charge < -0.3 is 10.6 Å². The first-order valence-electron chi connectivity index (χ1n) is 6.45. The van der Waals surface area contributed by atoms with Gasteiger partial charge in [-0.2, -0.15) is 5.10 Å². The predicted octanol–water partition coefficient (Wildman–Crippen LogP) is 1.94. The van der Waals surface area contributed by atoms with Crippen LogP contribution < -0.4 is 10.6 Å². The van der Waals surface area contributed by atoms with Crippen molar-refractivity contribution in [2.75, 3.05) is 18.9 Å². The van der Waals surface area contributed by atoms with Gasteiger partial charge in [-0.1, -0.05) is 0 Å². The number of carbonyl (C=O) groups excluding carboxylic acids is 1. The van der Waals surface area contributed by atoms with Gasteiger partial charge in [0.25, 0.3) is 5.91 Å². The number of benzene rings is 1. The monoisotopic (exact) mass is 294 g/mol. The second kappa shape index (κ2) is 6.34. The molecule has 0 saturated carbocycles. The third kappa shape index (κ3) is 3.56. The normalized spacial score (nSPS) is 10.5. The van der Waals surface area contributed by atoms with Crippen molar-refractivity contribution in [1.82, 2.24) is 15.1 Å². The largest absolute Gasteiger partial charge is 0.383 e. The topological polar surface area (TPSA) is 59.0 Å². The number of nitrogens with zero attached hydrogens (tertiary/aromatic N) is 2. The van der Waals surface area contributed by atoms with Gasteiger partial charge in [0.05, 0.1) is 12.7 Å². The van der Waals surface area contributed by atoms with Crippen molar-refractivity contribution in [1.29, 1.82) is 0 Å². The highest BCUT2D eigenvalue weighted by molar-refractivity contribution is 5.94. The van der Waals surface area contributed by atoms with Crippen LogP contribution in [0.4, 0.5) is 14.5 Å². The van der Waals surface area contributed by atoms with Gasteiger partial charge in [0.1, 0.15) is 17.3 Å². The molecule has 0 aliphatic heterocycles. The van der Waals surface area contributed by atoms with E-state index < -0.39 is 17.5 Å². The molecule has 1 aromatic carbocycles. The molecule has 0 aliphatic carbocycles. The highest BCUT2D eigenvalue weighted by atomic mass is 19.1. The Balaban J connectivity index is 1.97. The van der Waals surface area contributed by atoms with Gasteiger partial charge in [-0.05, 0) is 24.6 Å². The Kier molecular flexibility index (Phi) is 4.52. The Bertz CT molecular complexity index is 631. The fourth-order valence-electron chi connectivity index (χ4n) is 1.92. The summed E-state index contributed by atoms with van der Waals surface area (Å²) < 4.78 is 28.8. The first kappa shape index (κ1) is 15.0. The summed E-state index contributed by atoms with van der Waals surface area (Å²) in [5.41, 5.74) is 0.715. The highest BCUT2D eigenvalue weighted by Crippen LogP contribution is 2.20. The van der Waals surface area contributed by atoms with Crippen molar-refractivity contribution < 1.29 is 13.6 Å². The van der Waals surface area contributed by atoms with E-state index in [0.29, 0.717) is 13.1 Å². The zero-order valence-corrected chi connectivity index (χ0v) is 11.8. The number of hydrogen-bond acceptors (Lipinski definition) is 3. The summed E-state index contributed by atoms with van der Waals surface area (Å²) in [5.74, 6) is -2.13. The van der Waals surface area contributed by atoms with Crippen LogP contribution in [0.15, 0.2) is 24.5 Å².